The van der Waals surface area contributed by atoms with Crippen molar-refractivity contribution in [1.29, 1.82) is 0 Å². The number of carboxylic acid groups (broad SMARTS) is 1. The third kappa shape index (κ3) is 2.62. The minimum Gasteiger partial charge on any atom is -0.479 e. The highest BCUT2D eigenvalue weighted by Gasteiger charge is 2.59. The molecule has 2 unspecified atom stereocenters. The number of aliphatic hydroxyl groups excluding tert-OH is 1. The quantitative estimate of drug-likeness (QED) is 0.247. The van der Waals surface area contributed by atoms with E-state index in [4.69, 9.17) is 10.3 Å². The van der Waals surface area contributed by atoms with Crippen molar-refractivity contribution in [2.45, 2.75) is 11.6 Å². The molecule has 0 fully saturated rings. The van der Waals surface area contributed by atoms with Crippen LogP contribution in [0.2, 0.25) is 0 Å². The van der Waals surface area contributed by atoms with Crippen LogP contribution in [0.3, 0.4) is 0 Å². The van der Waals surface area contributed by atoms with Crippen LogP contribution in [-0.2, 0) is 9.59 Å². The van der Waals surface area contributed by atoms with Crippen molar-refractivity contribution >= 4 is 23.2 Å². The lowest BCUT2D eigenvalue weighted by Crippen LogP contribution is -2.58. The number of benzene rings is 1. The van der Waals surface area contributed by atoms with E-state index in [2.05, 4.69) is 20.6 Å². The molecule has 118 valence electrons. The number of carbonyl (C=O) groups excluding carboxylic acids is 1. The van der Waals surface area contributed by atoms with Crippen molar-refractivity contribution in [2.24, 2.45) is 20.6 Å². The van der Waals surface area contributed by atoms with Gasteiger partial charge in [0, 0.05) is 0 Å². The number of nitrogens with zero attached hydrogens (tertiary/aromatic N) is 4. The average Bonchev–Trinajstić information content (AvgIpc) is 2.54. The Kier molecular flexibility index (Phi) is 4.37. The molecular formula is C13H10N4O6. The summed E-state index contributed by atoms with van der Waals surface area (Å²) in [5.74, 6) is -3.46. The summed E-state index contributed by atoms with van der Waals surface area (Å²) in [6, 6.07) is 8.28. The lowest BCUT2D eigenvalue weighted by Gasteiger charge is -2.27. The number of aliphatic carboxylic acids is 1. The molecule has 2 rings (SSSR count). The predicted molar refractivity (Wildman–Crippen MR) is 75.4 cm³/mol. The van der Waals surface area contributed by atoms with E-state index in [9.17, 15) is 19.6 Å². The summed E-state index contributed by atoms with van der Waals surface area (Å²) < 4.78 is 0. The van der Waals surface area contributed by atoms with E-state index < -0.39 is 29.1 Å². The second-order valence-corrected chi connectivity index (χ2v) is 4.47. The molecular weight excluding hydrogens is 308 g/mol. The lowest BCUT2D eigenvalue weighted by molar-refractivity contribution is -0.150. The average molecular weight is 318 g/mol. The first-order chi connectivity index (χ1) is 11.0. The van der Waals surface area contributed by atoms with Gasteiger partial charge in [0.1, 0.15) is 11.8 Å². The fourth-order valence-electron chi connectivity index (χ4n) is 1.92. The fraction of sp³-hybridized carbons (Fsp3) is 0.154. The Morgan fingerprint density at radius 3 is 2.35 bits per heavy atom. The number of azo groups is 1. The van der Waals surface area contributed by atoms with Gasteiger partial charge in [0.2, 0.25) is 5.78 Å². The van der Waals surface area contributed by atoms with Crippen LogP contribution in [0.15, 0.2) is 62.7 Å². The number of aliphatic hydroxyl groups is 1. The van der Waals surface area contributed by atoms with E-state index in [1.54, 1.807) is 30.3 Å². The number of carboxylic acids is 1. The Bertz CT molecular complexity index is 742. The fourth-order valence-corrected chi connectivity index (χ4v) is 1.92. The molecule has 1 aliphatic carbocycles. The van der Waals surface area contributed by atoms with E-state index in [0.29, 0.717) is 5.69 Å². The Balaban J connectivity index is 2.48. The summed E-state index contributed by atoms with van der Waals surface area (Å²) >= 11 is 0. The Labute approximate surface area is 128 Å². The first-order valence-corrected chi connectivity index (χ1v) is 6.19. The zero-order chi connectivity index (χ0) is 17.0. The monoisotopic (exact) mass is 318 g/mol. The number of carbonyl (C=O) groups is 2. The van der Waals surface area contributed by atoms with E-state index >= 15 is 0 Å². The molecule has 1 aromatic rings. The first kappa shape index (κ1) is 16.1. The Morgan fingerprint density at radius 2 is 1.83 bits per heavy atom. The molecule has 3 N–H and O–H groups in total. The zero-order valence-corrected chi connectivity index (χ0v) is 11.4. The minimum absolute atomic E-state index is 0.380. The molecule has 0 amide bonds. The first-order valence-electron chi connectivity index (χ1n) is 6.19. The van der Waals surface area contributed by atoms with Gasteiger partial charge in [0.15, 0.2) is 5.71 Å². The summed E-state index contributed by atoms with van der Waals surface area (Å²) in [6.07, 6.45) is -1.32. The van der Waals surface area contributed by atoms with Crippen molar-refractivity contribution < 1.29 is 25.0 Å². The molecule has 0 aliphatic heterocycles. The van der Waals surface area contributed by atoms with Gasteiger partial charge < -0.3 is 15.4 Å². The number of rotatable bonds is 4. The maximum atomic E-state index is 12.1. The van der Waals surface area contributed by atoms with Crippen molar-refractivity contribution in [3.05, 3.63) is 47.0 Å². The molecule has 1 aliphatic rings. The van der Waals surface area contributed by atoms with Crippen LogP contribution in [0.5, 0.6) is 0 Å². The lowest BCUT2D eigenvalue weighted by atomic mass is 9.80. The Morgan fingerprint density at radius 1 is 1.17 bits per heavy atom. The van der Waals surface area contributed by atoms with Gasteiger partial charge in [-0.15, -0.1) is 10.0 Å². The van der Waals surface area contributed by atoms with Gasteiger partial charge in [-0.1, -0.05) is 23.4 Å². The summed E-state index contributed by atoms with van der Waals surface area (Å²) in [5, 5.41) is 40.1. The molecule has 0 saturated heterocycles. The normalized spacial score (nSPS) is 26.3. The summed E-state index contributed by atoms with van der Waals surface area (Å²) in [6.45, 7) is 0. The van der Waals surface area contributed by atoms with E-state index in [1.807, 2.05) is 0 Å². The van der Waals surface area contributed by atoms with Crippen LogP contribution >= 0.6 is 0 Å². The Hall–Kier alpha value is -3.27. The maximum Gasteiger partial charge on any atom is 0.346 e. The smallest absolute Gasteiger partial charge is 0.346 e. The second-order valence-electron chi connectivity index (χ2n) is 4.47. The van der Waals surface area contributed by atoms with Gasteiger partial charge in [0.05, 0.1) is 5.69 Å². The number of oxime groups is 1. The topological polar surface area (TPSA) is 161 Å². The molecule has 0 radical (unpaired) electrons. The van der Waals surface area contributed by atoms with Gasteiger partial charge in [-0.2, -0.15) is 5.11 Å². The molecule has 23 heavy (non-hydrogen) atoms. The van der Waals surface area contributed by atoms with Gasteiger partial charge >= 0.3 is 5.97 Å². The molecule has 10 nitrogen and oxygen atoms in total. The molecule has 0 spiro atoms. The van der Waals surface area contributed by atoms with Crippen molar-refractivity contribution in [1.82, 2.24) is 0 Å². The van der Waals surface area contributed by atoms with Gasteiger partial charge in [-0.25, -0.2) is 4.79 Å². The third-order valence-electron chi connectivity index (χ3n) is 3.15. The van der Waals surface area contributed by atoms with Crippen molar-refractivity contribution in [3.8, 4) is 0 Å². The summed E-state index contributed by atoms with van der Waals surface area (Å²) in [5.41, 5.74) is -3.84. The van der Waals surface area contributed by atoms with Crippen LogP contribution in [-0.4, -0.2) is 44.5 Å². The van der Waals surface area contributed by atoms with E-state index in [1.165, 1.54) is 0 Å². The zero-order valence-electron chi connectivity index (χ0n) is 11.4. The molecule has 0 saturated carbocycles. The van der Waals surface area contributed by atoms with Crippen LogP contribution < -0.4 is 0 Å². The highest BCUT2D eigenvalue weighted by molar-refractivity contribution is 6.52. The summed E-state index contributed by atoms with van der Waals surface area (Å²) in [4.78, 5) is 34.2. The molecule has 10 heteroatoms. The van der Waals surface area contributed by atoms with Crippen LogP contribution in [0.4, 0.5) is 5.69 Å². The number of ketones is 1. The molecule has 1 aromatic carbocycles. The molecule has 0 bridgehead atoms. The van der Waals surface area contributed by atoms with Gasteiger partial charge in [0.25, 0.3) is 5.54 Å². The maximum absolute atomic E-state index is 12.1. The van der Waals surface area contributed by atoms with Crippen LogP contribution in [0, 0.1) is 4.91 Å². The number of allylic oxidation sites excluding steroid dienone is 1. The second kappa shape index (κ2) is 6.23. The van der Waals surface area contributed by atoms with Crippen molar-refractivity contribution in [2.75, 3.05) is 0 Å². The predicted octanol–water partition coefficient (Wildman–Crippen LogP) is 1.02. The van der Waals surface area contributed by atoms with Crippen molar-refractivity contribution in [3.63, 3.8) is 0 Å². The van der Waals surface area contributed by atoms with Gasteiger partial charge in [-0.3, -0.25) is 4.79 Å². The number of Topliss-reactive ketones (excluding diaryl/α,β-unsaturated/α-hetero) is 1. The highest BCUT2D eigenvalue weighted by atomic mass is 16.4. The molecule has 0 heterocycles. The molecule has 0 aromatic heterocycles. The number of nitroso groups, excluding NO2 is 1. The van der Waals surface area contributed by atoms with E-state index in [0.717, 1.165) is 6.08 Å². The minimum atomic E-state index is -3.02. The van der Waals surface area contributed by atoms with E-state index in [-0.39, 0.29) is 5.70 Å². The third-order valence-corrected chi connectivity index (χ3v) is 3.15. The molecule has 2 atom stereocenters. The van der Waals surface area contributed by atoms with Gasteiger partial charge in [-0.05, 0) is 23.4 Å². The number of hydrogen-bond acceptors (Lipinski definition) is 9. The van der Waals surface area contributed by atoms with Crippen LogP contribution in [0.25, 0.3) is 0 Å². The number of hydrogen-bond donors (Lipinski definition) is 3. The SMILES string of the molecule is O=NC1(C(=O)O)C(=O)/C(=N\O)C(N=Nc2ccccc2)=CC1O. The largest absolute Gasteiger partial charge is 0.479 e. The standard InChI is InChI=1S/C13H10N4O6/c18-9-6-8(15-14-7-4-2-1-3-5-7)10(16-22)11(19)13(9,17-23)12(20)21/h1-6,9,18,22H,(H,20,21)/b15-14?,16-10-. The van der Waals surface area contributed by atoms with Crippen LogP contribution in [0.1, 0.15) is 0 Å². The highest BCUT2D eigenvalue weighted by Crippen LogP contribution is 2.29. The summed E-state index contributed by atoms with van der Waals surface area (Å²) in [7, 11) is 0.